The van der Waals surface area contributed by atoms with Gasteiger partial charge in [-0.2, -0.15) is 0 Å². The zero-order valence-corrected chi connectivity index (χ0v) is 11.7. The maximum absolute atomic E-state index is 11.2. The lowest BCUT2D eigenvalue weighted by molar-refractivity contribution is -0.117. The lowest BCUT2D eigenvalue weighted by atomic mass is 10.2. The number of hydrogen-bond acceptors (Lipinski definition) is 2. The highest BCUT2D eigenvalue weighted by atomic mass is 16.1. The normalized spacial score (nSPS) is 10.8. The summed E-state index contributed by atoms with van der Waals surface area (Å²) < 4.78 is 0. The molecule has 0 atom stereocenters. The monoisotopic (exact) mass is 250 g/mol. The van der Waals surface area contributed by atoms with Crippen molar-refractivity contribution in [3.05, 3.63) is 37.0 Å². The van der Waals surface area contributed by atoms with Crippen molar-refractivity contribution >= 4 is 5.91 Å². The SMILES string of the molecule is C=CCCC=CCCN(C)CCNC(=O)C(=C)C. The topological polar surface area (TPSA) is 32.3 Å². The van der Waals surface area contributed by atoms with E-state index in [1.807, 2.05) is 6.08 Å². The Balaban J connectivity index is 3.51. The molecule has 0 spiro atoms. The van der Waals surface area contributed by atoms with E-state index in [4.69, 9.17) is 0 Å². The van der Waals surface area contributed by atoms with Gasteiger partial charge in [0.15, 0.2) is 0 Å². The summed E-state index contributed by atoms with van der Waals surface area (Å²) in [4.78, 5) is 13.4. The molecule has 0 aromatic rings. The molecule has 3 heteroatoms. The molecule has 0 heterocycles. The zero-order chi connectivity index (χ0) is 13.8. The van der Waals surface area contributed by atoms with Crippen molar-refractivity contribution in [2.75, 3.05) is 26.7 Å². The molecule has 0 rings (SSSR count). The van der Waals surface area contributed by atoms with E-state index in [0.717, 1.165) is 32.4 Å². The molecule has 18 heavy (non-hydrogen) atoms. The predicted octanol–water partition coefficient (Wildman–Crippen LogP) is 2.52. The van der Waals surface area contributed by atoms with Crippen molar-refractivity contribution in [1.29, 1.82) is 0 Å². The molecule has 0 saturated heterocycles. The van der Waals surface area contributed by atoms with E-state index in [2.05, 4.69) is 42.6 Å². The fourth-order valence-electron chi connectivity index (χ4n) is 1.37. The lowest BCUT2D eigenvalue weighted by Crippen LogP contribution is -2.33. The number of nitrogens with one attached hydrogen (secondary N) is 1. The second-order valence-electron chi connectivity index (χ2n) is 4.47. The Morgan fingerprint density at radius 1 is 1.22 bits per heavy atom. The zero-order valence-electron chi connectivity index (χ0n) is 11.7. The number of carbonyl (C=O) groups excluding carboxylic acids is 1. The number of nitrogens with zero attached hydrogens (tertiary/aromatic N) is 1. The molecule has 0 aliphatic rings. The number of rotatable bonds is 10. The molecule has 0 aromatic carbocycles. The molecule has 1 N–H and O–H groups in total. The minimum atomic E-state index is -0.0623. The molecule has 0 aliphatic carbocycles. The van der Waals surface area contributed by atoms with Gasteiger partial charge in [0.2, 0.25) is 5.91 Å². The van der Waals surface area contributed by atoms with Gasteiger partial charge >= 0.3 is 0 Å². The summed E-state index contributed by atoms with van der Waals surface area (Å²) in [5.74, 6) is -0.0623. The van der Waals surface area contributed by atoms with Gasteiger partial charge in [-0.05, 0) is 33.2 Å². The van der Waals surface area contributed by atoms with E-state index in [9.17, 15) is 4.79 Å². The Hall–Kier alpha value is -1.35. The average molecular weight is 250 g/mol. The summed E-state index contributed by atoms with van der Waals surface area (Å²) in [7, 11) is 2.06. The Morgan fingerprint density at radius 3 is 2.50 bits per heavy atom. The minimum Gasteiger partial charge on any atom is -0.351 e. The van der Waals surface area contributed by atoms with Gasteiger partial charge in [-0.3, -0.25) is 4.79 Å². The summed E-state index contributed by atoms with van der Waals surface area (Å²) in [6.07, 6.45) is 9.48. The first-order valence-electron chi connectivity index (χ1n) is 6.46. The number of amides is 1. The van der Waals surface area contributed by atoms with E-state index in [-0.39, 0.29) is 5.91 Å². The molecule has 0 bridgehead atoms. The molecule has 102 valence electrons. The fourth-order valence-corrected chi connectivity index (χ4v) is 1.37. The summed E-state index contributed by atoms with van der Waals surface area (Å²) in [5.41, 5.74) is 0.558. The molecule has 0 aromatic heterocycles. The van der Waals surface area contributed by atoms with E-state index < -0.39 is 0 Å². The van der Waals surface area contributed by atoms with E-state index >= 15 is 0 Å². The van der Waals surface area contributed by atoms with Gasteiger partial charge in [-0.1, -0.05) is 24.8 Å². The standard InChI is InChI=1S/C15H26N2O/c1-5-6-7-8-9-10-12-17(4)13-11-16-15(18)14(2)3/h5,8-9H,1-2,6-7,10-13H2,3-4H3,(H,16,18). The van der Waals surface area contributed by atoms with Gasteiger partial charge in [0.1, 0.15) is 0 Å². The summed E-state index contributed by atoms with van der Waals surface area (Å²) >= 11 is 0. The van der Waals surface area contributed by atoms with Crippen LogP contribution in [0.15, 0.2) is 37.0 Å². The van der Waals surface area contributed by atoms with Gasteiger partial charge < -0.3 is 10.2 Å². The van der Waals surface area contributed by atoms with Gasteiger partial charge in [0.05, 0.1) is 0 Å². The quantitative estimate of drug-likeness (QED) is 0.367. The highest BCUT2D eigenvalue weighted by Gasteiger charge is 2.01. The van der Waals surface area contributed by atoms with Crippen LogP contribution in [0.3, 0.4) is 0 Å². The van der Waals surface area contributed by atoms with Gasteiger partial charge in [-0.15, -0.1) is 6.58 Å². The van der Waals surface area contributed by atoms with Crippen molar-refractivity contribution in [2.45, 2.75) is 26.2 Å². The van der Waals surface area contributed by atoms with Crippen LogP contribution in [-0.4, -0.2) is 37.5 Å². The van der Waals surface area contributed by atoms with Crippen LogP contribution in [0.4, 0.5) is 0 Å². The molecule has 0 aliphatic heterocycles. The number of allylic oxidation sites excluding steroid dienone is 2. The van der Waals surface area contributed by atoms with Crippen LogP contribution < -0.4 is 5.32 Å². The van der Waals surface area contributed by atoms with Crippen LogP contribution >= 0.6 is 0 Å². The minimum absolute atomic E-state index is 0.0623. The Bertz CT molecular complexity index is 295. The summed E-state index contributed by atoms with van der Waals surface area (Å²) in [6.45, 7) is 11.5. The maximum atomic E-state index is 11.2. The number of unbranched alkanes of at least 4 members (excludes halogenated alkanes) is 1. The first kappa shape index (κ1) is 16.6. The van der Waals surface area contributed by atoms with Crippen LogP contribution in [0.1, 0.15) is 26.2 Å². The lowest BCUT2D eigenvalue weighted by Gasteiger charge is -2.15. The van der Waals surface area contributed by atoms with Crippen molar-refractivity contribution in [2.24, 2.45) is 0 Å². The molecule has 0 fully saturated rings. The number of likely N-dealkylation sites (N-methyl/N-ethyl adjacent to an activating group) is 1. The third kappa shape index (κ3) is 9.85. The van der Waals surface area contributed by atoms with Gasteiger partial charge in [0, 0.05) is 25.2 Å². The second kappa shape index (κ2) is 10.8. The van der Waals surface area contributed by atoms with Gasteiger partial charge in [-0.25, -0.2) is 0 Å². The van der Waals surface area contributed by atoms with Crippen LogP contribution in [0.5, 0.6) is 0 Å². The number of hydrogen-bond donors (Lipinski definition) is 1. The largest absolute Gasteiger partial charge is 0.351 e. The smallest absolute Gasteiger partial charge is 0.246 e. The molecule has 1 amide bonds. The summed E-state index contributed by atoms with van der Waals surface area (Å²) in [6, 6.07) is 0. The maximum Gasteiger partial charge on any atom is 0.246 e. The van der Waals surface area contributed by atoms with Gasteiger partial charge in [0.25, 0.3) is 0 Å². The van der Waals surface area contributed by atoms with Crippen LogP contribution in [0.2, 0.25) is 0 Å². The molecular formula is C15H26N2O. The molecule has 0 saturated carbocycles. The average Bonchev–Trinajstić information content (AvgIpc) is 2.33. The number of carbonyl (C=O) groups is 1. The van der Waals surface area contributed by atoms with E-state index in [1.54, 1.807) is 6.92 Å². The fraction of sp³-hybridized carbons (Fsp3) is 0.533. The second-order valence-corrected chi connectivity index (χ2v) is 4.47. The molecular weight excluding hydrogens is 224 g/mol. The van der Waals surface area contributed by atoms with Crippen molar-refractivity contribution in [3.63, 3.8) is 0 Å². The van der Waals surface area contributed by atoms with E-state index in [0.29, 0.717) is 12.1 Å². The third-order valence-corrected chi connectivity index (χ3v) is 2.55. The van der Waals surface area contributed by atoms with Crippen LogP contribution in [0.25, 0.3) is 0 Å². The first-order chi connectivity index (χ1) is 8.57. The summed E-state index contributed by atoms with van der Waals surface area (Å²) in [5, 5.41) is 2.82. The Labute approximate surface area is 111 Å². The molecule has 0 radical (unpaired) electrons. The van der Waals surface area contributed by atoms with Crippen molar-refractivity contribution in [3.8, 4) is 0 Å². The Kier molecular flexibility index (Phi) is 9.97. The van der Waals surface area contributed by atoms with Crippen molar-refractivity contribution < 1.29 is 4.79 Å². The highest BCUT2D eigenvalue weighted by Crippen LogP contribution is 1.94. The first-order valence-corrected chi connectivity index (χ1v) is 6.46. The molecule has 3 nitrogen and oxygen atoms in total. The third-order valence-electron chi connectivity index (χ3n) is 2.55. The van der Waals surface area contributed by atoms with Crippen molar-refractivity contribution in [1.82, 2.24) is 10.2 Å². The molecule has 0 unspecified atom stereocenters. The van der Waals surface area contributed by atoms with Crippen LogP contribution in [0, 0.1) is 0 Å². The highest BCUT2D eigenvalue weighted by molar-refractivity contribution is 5.92. The van der Waals surface area contributed by atoms with Crippen LogP contribution in [-0.2, 0) is 4.79 Å². The van der Waals surface area contributed by atoms with E-state index in [1.165, 1.54) is 0 Å². The predicted molar refractivity (Wildman–Crippen MR) is 78.5 cm³/mol. The Morgan fingerprint density at radius 2 is 1.89 bits per heavy atom.